The zero-order valence-corrected chi connectivity index (χ0v) is 20.0. The summed E-state index contributed by atoms with van der Waals surface area (Å²) in [6, 6.07) is 13.6. The number of halogens is 4. The van der Waals surface area contributed by atoms with Crippen molar-refractivity contribution in [3.63, 3.8) is 0 Å². The minimum Gasteiger partial charge on any atom is -0.358 e. The number of hydrogen-bond acceptors (Lipinski definition) is 3. The third kappa shape index (κ3) is 6.29. The van der Waals surface area contributed by atoms with Gasteiger partial charge in [0.05, 0.1) is 0 Å². The first-order chi connectivity index (χ1) is 17.2. The second kappa shape index (κ2) is 11.2. The summed E-state index contributed by atoms with van der Waals surface area (Å²) < 4.78 is 52.2. The highest BCUT2D eigenvalue weighted by Crippen LogP contribution is 2.30. The van der Waals surface area contributed by atoms with E-state index in [1.54, 1.807) is 19.2 Å². The highest BCUT2D eigenvalue weighted by atomic mass is 19.4. The number of nitrogens with zero attached hydrogens (tertiary/aromatic N) is 1. The van der Waals surface area contributed by atoms with Gasteiger partial charge in [-0.15, -0.1) is 0 Å². The van der Waals surface area contributed by atoms with Gasteiger partial charge in [-0.1, -0.05) is 36.4 Å². The smallest absolute Gasteiger partial charge is 0.358 e. The topological polar surface area (TPSA) is 54.0 Å². The Hall–Kier alpha value is -3.26. The summed E-state index contributed by atoms with van der Waals surface area (Å²) in [5, 5.41) is 6.10. The number of nitrogens with one attached hydrogen (secondary N) is 2. The first kappa shape index (κ1) is 25.8. The summed E-state index contributed by atoms with van der Waals surface area (Å²) in [6.45, 7) is 0. The Morgan fingerprint density at radius 3 is 2.31 bits per heavy atom. The lowest BCUT2D eigenvalue weighted by atomic mass is 9.88. The van der Waals surface area contributed by atoms with Gasteiger partial charge in [-0.05, 0) is 84.5 Å². The van der Waals surface area contributed by atoms with Crippen LogP contribution in [0.15, 0.2) is 60.8 Å². The van der Waals surface area contributed by atoms with E-state index in [1.165, 1.54) is 35.5 Å². The summed E-state index contributed by atoms with van der Waals surface area (Å²) in [6.07, 6.45) is 2.09. The number of aromatic nitrogens is 1. The fourth-order valence-corrected chi connectivity index (χ4v) is 4.69. The normalized spacial score (nSPS) is 15.1. The number of aryl methyl sites for hydroxylation is 3. The summed E-state index contributed by atoms with van der Waals surface area (Å²) in [4.78, 5) is 16.4. The van der Waals surface area contributed by atoms with Gasteiger partial charge in [-0.2, -0.15) is 13.2 Å². The number of alkyl halides is 3. The number of amides is 1. The van der Waals surface area contributed by atoms with Crippen LogP contribution in [0.2, 0.25) is 0 Å². The molecule has 0 bridgehead atoms. The third-order valence-electron chi connectivity index (χ3n) is 6.69. The lowest BCUT2D eigenvalue weighted by Crippen LogP contribution is -2.38. The van der Waals surface area contributed by atoms with E-state index < -0.39 is 23.7 Å². The average molecular weight is 500 g/mol. The molecule has 1 heterocycles. The van der Waals surface area contributed by atoms with Crippen LogP contribution in [0.3, 0.4) is 0 Å². The number of benzene rings is 2. The second-order valence-corrected chi connectivity index (χ2v) is 9.14. The third-order valence-corrected chi connectivity index (χ3v) is 6.69. The Kier molecular flexibility index (Phi) is 8.04. The van der Waals surface area contributed by atoms with Crippen molar-refractivity contribution in [2.45, 2.75) is 56.8 Å². The molecule has 0 unspecified atom stereocenters. The minimum atomic E-state index is -4.48. The summed E-state index contributed by atoms with van der Waals surface area (Å²) >= 11 is 0. The van der Waals surface area contributed by atoms with Crippen molar-refractivity contribution in [1.29, 1.82) is 0 Å². The number of likely N-dealkylation sites (N-methyl/N-ethyl adjacent to an activating group) is 1. The van der Waals surface area contributed by atoms with E-state index in [9.17, 15) is 22.4 Å². The molecule has 0 spiro atoms. The SMILES string of the molecule is CNC(=O)[C@H](N[C@H](CCc1ccc(C(F)(F)F)nc1)c1ccc2c(c1)CCCC2)c1ccc(F)cc1. The first-order valence-corrected chi connectivity index (χ1v) is 12.1. The molecule has 2 aromatic carbocycles. The number of hydrogen-bond donors (Lipinski definition) is 2. The fraction of sp³-hybridized carbons (Fsp3) is 0.357. The lowest BCUT2D eigenvalue weighted by Gasteiger charge is -2.27. The Morgan fingerprint density at radius 1 is 0.972 bits per heavy atom. The molecule has 190 valence electrons. The van der Waals surface area contributed by atoms with Gasteiger partial charge in [0.1, 0.15) is 17.6 Å². The predicted molar refractivity (Wildman–Crippen MR) is 130 cm³/mol. The molecule has 4 nitrogen and oxygen atoms in total. The Morgan fingerprint density at radius 2 is 1.67 bits per heavy atom. The van der Waals surface area contributed by atoms with Crippen LogP contribution in [0.4, 0.5) is 17.6 Å². The Bertz CT molecular complexity index is 1180. The highest BCUT2D eigenvalue weighted by molar-refractivity contribution is 5.83. The monoisotopic (exact) mass is 499 g/mol. The van der Waals surface area contributed by atoms with Gasteiger partial charge in [0, 0.05) is 19.3 Å². The van der Waals surface area contributed by atoms with Crippen molar-refractivity contribution >= 4 is 5.91 Å². The zero-order chi connectivity index (χ0) is 25.7. The average Bonchev–Trinajstić information content (AvgIpc) is 2.88. The van der Waals surface area contributed by atoms with Crippen molar-refractivity contribution in [2.75, 3.05) is 7.05 Å². The van der Waals surface area contributed by atoms with Crippen LogP contribution in [-0.2, 0) is 30.2 Å². The van der Waals surface area contributed by atoms with Crippen molar-refractivity contribution in [3.8, 4) is 0 Å². The summed E-state index contributed by atoms with van der Waals surface area (Å²) in [7, 11) is 1.54. The van der Waals surface area contributed by atoms with Gasteiger partial charge < -0.3 is 5.32 Å². The number of pyridine rings is 1. The van der Waals surface area contributed by atoms with E-state index in [2.05, 4.69) is 33.8 Å². The molecule has 2 atom stereocenters. The maximum absolute atomic E-state index is 13.5. The van der Waals surface area contributed by atoms with Crippen molar-refractivity contribution in [3.05, 3.63) is 100 Å². The molecule has 0 aliphatic heterocycles. The number of carbonyl (C=O) groups excluding carboxylic acids is 1. The molecule has 1 aromatic heterocycles. The summed E-state index contributed by atoms with van der Waals surface area (Å²) in [5.41, 5.74) is 4.00. The molecule has 3 aromatic rings. The van der Waals surface area contributed by atoms with Gasteiger partial charge in [0.15, 0.2) is 0 Å². The maximum Gasteiger partial charge on any atom is 0.433 e. The molecule has 1 aliphatic rings. The predicted octanol–water partition coefficient (Wildman–Crippen LogP) is 5.87. The van der Waals surface area contributed by atoms with Crippen LogP contribution >= 0.6 is 0 Å². The van der Waals surface area contributed by atoms with Gasteiger partial charge >= 0.3 is 6.18 Å². The lowest BCUT2D eigenvalue weighted by molar-refractivity contribution is -0.141. The van der Waals surface area contributed by atoms with Gasteiger partial charge in [-0.3, -0.25) is 15.1 Å². The van der Waals surface area contributed by atoms with Crippen molar-refractivity contribution in [1.82, 2.24) is 15.6 Å². The molecule has 1 amide bonds. The number of rotatable bonds is 8. The van der Waals surface area contributed by atoms with E-state index >= 15 is 0 Å². The molecule has 0 saturated heterocycles. The first-order valence-electron chi connectivity index (χ1n) is 12.1. The van der Waals surface area contributed by atoms with Crippen LogP contribution in [0.5, 0.6) is 0 Å². The van der Waals surface area contributed by atoms with Crippen molar-refractivity contribution in [2.24, 2.45) is 0 Å². The maximum atomic E-state index is 13.5. The standard InChI is InChI=1S/C28H29F4N3O/c1-33-27(36)26(20-10-12-23(29)13-11-20)35-24(22-9-8-19-4-2-3-5-21(19)16-22)14-6-18-7-15-25(34-17-18)28(30,31)32/h7-13,15-17,24,26,35H,2-6,14H2,1H3,(H,33,36)/t24-,26-/m1/s1. The van der Waals surface area contributed by atoms with Gasteiger partial charge in [0.2, 0.25) is 5.91 Å². The molecule has 36 heavy (non-hydrogen) atoms. The van der Waals surface area contributed by atoms with Crippen LogP contribution in [0.1, 0.15) is 64.9 Å². The van der Waals surface area contributed by atoms with Crippen LogP contribution in [0.25, 0.3) is 0 Å². The van der Waals surface area contributed by atoms with Crippen LogP contribution in [-0.4, -0.2) is 17.9 Å². The summed E-state index contributed by atoms with van der Waals surface area (Å²) in [5.74, 6) is -0.656. The quantitative estimate of drug-likeness (QED) is 0.381. The molecule has 8 heteroatoms. The van der Waals surface area contributed by atoms with Crippen LogP contribution < -0.4 is 10.6 Å². The van der Waals surface area contributed by atoms with E-state index in [0.717, 1.165) is 37.3 Å². The number of carbonyl (C=O) groups is 1. The van der Waals surface area contributed by atoms with Crippen LogP contribution in [0, 0.1) is 5.82 Å². The van der Waals surface area contributed by atoms with E-state index in [-0.39, 0.29) is 11.9 Å². The molecule has 1 aliphatic carbocycles. The highest BCUT2D eigenvalue weighted by Gasteiger charge is 2.32. The van der Waals surface area contributed by atoms with E-state index in [4.69, 9.17) is 0 Å². The van der Waals surface area contributed by atoms with E-state index in [0.29, 0.717) is 24.0 Å². The molecular formula is C28H29F4N3O. The number of fused-ring (bicyclic) bond motifs is 1. The molecular weight excluding hydrogens is 470 g/mol. The molecule has 0 radical (unpaired) electrons. The molecule has 0 saturated carbocycles. The fourth-order valence-electron chi connectivity index (χ4n) is 4.69. The zero-order valence-electron chi connectivity index (χ0n) is 20.0. The molecule has 0 fully saturated rings. The largest absolute Gasteiger partial charge is 0.433 e. The van der Waals surface area contributed by atoms with Gasteiger partial charge in [0.25, 0.3) is 0 Å². The molecule has 2 N–H and O–H groups in total. The van der Waals surface area contributed by atoms with E-state index in [1.807, 2.05) is 0 Å². The molecule has 4 rings (SSSR count). The minimum absolute atomic E-state index is 0.263. The van der Waals surface area contributed by atoms with Gasteiger partial charge in [-0.25, -0.2) is 4.39 Å². The van der Waals surface area contributed by atoms with Crippen molar-refractivity contribution < 1.29 is 22.4 Å². The second-order valence-electron chi connectivity index (χ2n) is 9.14. The Balaban J connectivity index is 1.61. The Labute approximate surface area is 208 Å².